The number of ketones is 3. The van der Waals surface area contributed by atoms with E-state index in [1.165, 1.54) is 20.8 Å². The lowest BCUT2D eigenvalue weighted by Crippen LogP contribution is -2.41. The third-order valence-corrected chi connectivity index (χ3v) is 7.08. The van der Waals surface area contributed by atoms with E-state index in [0.717, 1.165) is 11.6 Å². The number of Topliss-reactive ketones (excluding diaryl/α,β-unsaturated/α-hetero) is 2. The van der Waals surface area contributed by atoms with Crippen molar-refractivity contribution in [1.29, 1.82) is 0 Å². The van der Waals surface area contributed by atoms with E-state index in [9.17, 15) is 29.4 Å². The summed E-state index contributed by atoms with van der Waals surface area (Å²) < 4.78 is 5.76. The number of nitrogens with one attached hydrogen (secondary N) is 2. The molecule has 0 aromatic heterocycles. The molecule has 1 aliphatic heterocycles. The SMILES string of the molecule is CC(=O)c1c(O)c(C)c(O)c2c1OC1=CC(=O)C(=C(C)NCCC(=O)NCCc3ccccc3)C(=O)[C@@]12C. The van der Waals surface area contributed by atoms with E-state index in [1.54, 1.807) is 6.92 Å². The summed E-state index contributed by atoms with van der Waals surface area (Å²) in [7, 11) is 0. The zero-order valence-corrected chi connectivity index (χ0v) is 21.7. The van der Waals surface area contributed by atoms with Crippen LogP contribution in [0.3, 0.4) is 0 Å². The van der Waals surface area contributed by atoms with Crippen LogP contribution in [0.1, 0.15) is 54.2 Å². The van der Waals surface area contributed by atoms with Gasteiger partial charge < -0.3 is 25.6 Å². The van der Waals surface area contributed by atoms with Crippen LogP contribution < -0.4 is 15.4 Å². The number of benzene rings is 2. The molecule has 2 aromatic carbocycles. The first-order chi connectivity index (χ1) is 18.0. The highest BCUT2D eigenvalue weighted by atomic mass is 16.5. The molecule has 4 rings (SSSR count). The summed E-state index contributed by atoms with van der Waals surface area (Å²) in [6.07, 6.45) is 2.00. The number of rotatable bonds is 8. The van der Waals surface area contributed by atoms with Crippen LogP contribution in [0.4, 0.5) is 0 Å². The summed E-state index contributed by atoms with van der Waals surface area (Å²) in [4.78, 5) is 51.3. The molecule has 4 N–H and O–H groups in total. The fourth-order valence-corrected chi connectivity index (χ4v) is 4.89. The number of hydrogen-bond donors (Lipinski definition) is 4. The first-order valence-electron chi connectivity index (χ1n) is 12.3. The van der Waals surface area contributed by atoms with Crippen LogP contribution in [0.2, 0.25) is 0 Å². The van der Waals surface area contributed by atoms with Gasteiger partial charge in [-0.3, -0.25) is 19.2 Å². The summed E-state index contributed by atoms with van der Waals surface area (Å²) in [5.41, 5.74) is -0.413. The van der Waals surface area contributed by atoms with Crippen molar-refractivity contribution in [2.24, 2.45) is 0 Å². The lowest BCUT2D eigenvalue weighted by atomic mass is 9.70. The normalized spacial score (nSPS) is 19.2. The molecule has 2 aromatic rings. The van der Waals surface area contributed by atoms with E-state index in [1.807, 2.05) is 30.3 Å². The monoisotopic (exact) mass is 518 g/mol. The van der Waals surface area contributed by atoms with E-state index in [-0.39, 0.29) is 64.1 Å². The van der Waals surface area contributed by atoms with Crippen LogP contribution >= 0.6 is 0 Å². The van der Waals surface area contributed by atoms with E-state index in [2.05, 4.69) is 10.6 Å². The van der Waals surface area contributed by atoms with Crippen molar-refractivity contribution in [3.63, 3.8) is 0 Å². The third kappa shape index (κ3) is 4.44. The zero-order chi connectivity index (χ0) is 27.8. The number of ether oxygens (including phenoxy) is 1. The quantitative estimate of drug-likeness (QED) is 0.237. The Balaban J connectivity index is 1.52. The van der Waals surface area contributed by atoms with Crippen molar-refractivity contribution in [1.82, 2.24) is 10.6 Å². The smallest absolute Gasteiger partial charge is 0.221 e. The zero-order valence-electron chi connectivity index (χ0n) is 21.7. The van der Waals surface area contributed by atoms with Gasteiger partial charge >= 0.3 is 0 Å². The molecule has 0 saturated heterocycles. The van der Waals surface area contributed by atoms with Crippen molar-refractivity contribution >= 4 is 23.3 Å². The summed E-state index contributed by atoms with van der Waals surface area (Å²) in [5, 5.41) is 27.2. The molecule has 0 spiro atoms. The first kappa shape index (κ1) is 26.7. The van der Waals surface area contributed by atoms with Gasteiger partial charge in [0.1, 0.15) is 34.0 Å². The van der Waals surface area contributed by atoms with Gasteiger partial charge in [0.05, 0.1) is 11.1 Å². The van der Waals surface area contributed by atoms with Crippen LogP contribution in [0, 0.1) is 6.92 Å². The number of aromatic hydroxyl groups is 2. The Bertz CT molecular complexity index is 1420. The van der Waals surface area contributed by atoms with Crippen LogP contribution in [-0.4, -0.2) is 46.6 Å². The minimum atomic E-state index is -1.58. The minimum Gasteiger partial charge on any atom is -0.507 e. The van der Waals surface area contributed by atoms with Gasteiger partial charge in [0, 0.05) is 36.8 Å². The number of fused-ring (bicyclic) bond motifs is 3. The Kier molecular flexibility index (Phi) is 7.13. The first-order valence-corrected chi connectivity index (χ1v) is 12.3. The van der Waals surface area contributed by atoms with E-state index in [4.69, 9.17) is 4.74 Å². The molecular weight excluding hydrogens is 488 g/mol. The molecule has 1 amide bonds. The molecule has 1 aliphatic carbocycles. The summed E-state index contributed by atoms with van der Waals surface area (Å²) >= 11 is 0. The van der Waals surface area contributed by atoms with E-state index < -0.39 is 28.5 Å². The fourth-order valence-electron chi connectivity index (χ4n) is 4.89. The number of carbonyl (C=O) groups excluding carboxylic acids is 4. The van der Waals surface area contributed by atoms with Gasteiger partial charge in [-0.1, -0.05) is 30.3 Å². The van der Waals surface area contributed by atoms with Crippen molar-refractivity contribution in [2.75, 3.05) is 13.1 Å². The molecule has 0 saturated carbocycles. The molecule has 0 radical (unpaired) electrons. The predicted octanol–water partition coefficient (Wildman–Crippen LogP) is 2.91. The van der Waals surface area contributed by atoms with E-state index in [0.29, 0.717) is 13.0 Å². The molecule has 1 heterocycles. The number of hydrogen-bond acceptors (Lipinski definition) is 8. The lowest BCUT2D eigenvalue weighted by Gasteiger charge is -2.29. The van der Waals surface area contributed by atoms with Gasteiger partial charge in [0.15, 0.2) is 17.3 Å². The number of phenols is 2. The van der Waals surface area contributed by atoms with E-state index >= 15 is 0 Å². The standard InChI is InChI=1S/C29H30N2O7/c1-15-25(35)23(17(3)32)27-24(26(15)36)29(4)20(38-27)14-19(33)22(28(29)37)16(2)30-13-11-21(34)31-12-10-18-8-6-5-7-9-18/h5-9,14,30,35-36H,10-13H2,1-4H3,(H,31,34)/t29-/m0/s1. The number of amides is 1. The molecule has 0 bridgehead atoms. The topological polar surface area (TPSA) is 142 Å². The second-order valence-electron chi connectivity index (χ2n) is 9.65. The number of carbonyl (C=O) groups is 4. The van der Waals surface area contributed by atoms with Gasteiger partial charge in [-0.15, -0.1) is 0 Å². The molecule has 9 nitrogen and oxygen atoms in total. The highest BCUT2D eigenvalue weighted by Gasteiger charge is 2.56. The maximum atomic E-state index is 13.8. The van der Waals surface area contributed by atoms with Gasteiger partial charge in [-0.2, -0.15) is 0 Å². The number of phenolic OH excluding ortho intramolecular Hbond substituents is 2. The van der Waals surface area contributed by atoms with Gasteiger partial charge in [0.25, 0.3) is 0 Å². The minimum absolute atomic E-state index is 0.0281. The second kappa shape index (κ2) is 10.2. The average molecular weight is 519 g/mol. The van der Waals surface area contributed by atoms with Gasteiger partial charge in [-0.25, -0.2) is 0 Å². The highest BCUT2D eigenvalue weighted by Crippen LogP contribution is 2.57. The maximum Gasteiger partial charge on any atom is 0.221 e. The molecule has 198 valence electrons. The Morgan fingerprint density at radius 3 is 2.34 bits per heavy atom. The van der Waals surface area contributed by atoms with Crippen LogP contribution in [-0.2, 0) is 26.2 Å². The average Bonchev–Trinajstić information content (AvgIpc) is 3.16. The molecule has 2 aliphatic rings. The van der Waals surface area contributed by atoms with Crippen LogP contribution in [0.15, 0.2) is 53.4 Å². The molecule has 9 heteroatoms. The fraction of sp³-hybridized carbons (Fsp3) is 0.310. The third-order valence-electron chi connectivity index (χ3n) is 7.08. The Morgan fingerprint density at radius 2 is 1.68 bits per heavy atom. The summed E-state index contributed by atoms with van der Waals surface area (Å²) in [6, 6.07) is 9.78. The number of allylic oxidation sites excluding steroid dienone is 4. The van der Waals surface area contributed by atoms with Gasteiger partial charge in [0.2, 0.25) is 5.91 Å². The predicted molar refractivity (Wildman–Crippen MR) is 139 cm³/mol. The Hall–Kier alpha value is -4.40. The van der Waals surface area contributed by atoms with Crippen molar-refractivity contribution in [2.45, 2.75) is 46.0 Å². The maximum absolute atomic E-state index is 13.8. The van der Waals surface area contributed by atoms with Crippen LogP contribution in [0.5, 0.6) is 17.2 Å². The lowest BCUT2D eigenvalue weighted by molar-refractivity contribution is -0.124. The van der Waals surface area contributed by atoms with Crippen molar-refractivity contribution in [3.8, 4) is 17.2 Å². The van der Waals surface area contributed by atoms with Crippen molar-refractivity contribution < 1.29 is 34.1 Å². The molecule has 0 fully saturated rings. The second-order valence-corrected chi connectivity index (χ2v) is 9.65. The Labute approximate surface area is 220 Å². The largest absolute Gasteiger partial charge is 0.507 e. The molecule has 1 atom stereocenters. The van der Waals surface area contributed by atoms with Crippen LogP contribution in [0.25, 0.3) is 0 Å². The molecule has 38 heavy (non-hydrogen) atoms. The van der Waals surface area contributed by atoms with Crippen molar-refractivity contribution in [3.05, 3.63) is 75.7 Å². The summed E-state index contributed by atoms with van der Waals surface area (Å²) in [5.74, 6) is -2.88. The molecular formula is C29H30N2O7. The highest BCUT2D eigenvalue weighted by molar-refractivity contribution is 6.31. The van der Waals surface area contributed by atoms with Gasteiger partial charge in [-0.05, 0) is 39.7 Å². The molecule has 0 unspecified atom stereocenters. The summed E-state index contributed by atoms with van der Waals surface area (Å²) in [6.45, 7) is 6.42. The Morgan fingerprint density at radius 1 is 1.00 bits per heavy atom.